The maximum atomic E-state index is 9.97. The van der Waals surface area contributed by atoms with Gasteiger partial charge >= 0.3 is 0 Å². The molecule has 0 atom stereocenters. The van der Waals surface area contributed by atoms with Gasteiger partial charge < -0.3 is 10.0 Å². The summed E-state index contributed by atoms with van der Waals surface area (Å²) in [5, 5.41) is 16.4. The van der Waals surface area contributed by atoms with Gasteiger partial charge in [-0.15, -0.1) is 0 Å². The quantitative estimate of drug-likeness (QED) is 0.677. The molecule has 1 fully saturated rings. The third kappa shape index (κ3) is 2.90. The van der Waals surface area contributed by atoms with Gasteiger partial charge in [-0.25, -0.2) is 0 Å². The first-order valence-corrected chi connectivity index (χ1v) is 7.24. The lowest BCUT2D eigenvalue weighted by molar-refractivity contribution is 0.159. The fourth-order valence-corrected chi connectivity index (χ4v) is 3.12. The summed E-state index contributed by atoms with van der Waals surface area (Å²) in [6.45, 7) is 6.54. The first kappa shape index (κ1) is 13.5. The molecule has 1 saturated heterocycles. The van der Waals surface area contributed by atoms with E-state index in [4.69, 9.17) is 12.2 Å². The second-order valence-corrected chi connectivity index (χ2v) is 5.98. The summed E-state index contributed by atoms with van der Waals surface area (Å²) in [4.78, 5) is 3.02. The first-order valence-electron chi connectivity index (χ1n) is 6.02. The highest BCUT2D eigenvalue weighted by Gasteiger charge is 2.12. The number of aromatic hydroxyl groups is 1. The predicted octanol–water partition coefficient (Wildman–Crippen LogP) is 1.59. The van der Waals surface area contributed by atoms with Gasteiger partial charge in [0.15, 0.2) is 3.95 Å². The first-order chi connectivity index (χ1) is 8.61. The summed E-state index contributed by atoms with van der Waals surface area (Å²) in [7, 11) is 2.11. The molecule has 0 bridgehead atoms. The molecule has 100 valence electrons. The number of nitrogens with zero attached hydrogens (tertiary/aromatic N) is 4. The lowest BCUT2D eigenvalue weighted by Crippen LogP contribution is -2.41. The van der Waals surface area contributed by atoms with E-state index >= 15 is 0 Å². The lowest BCUT2D eigenvalue weighted by Gasteiger charge is -2.30. The van der Waals surface area contributed by atoms with Crippen LogP contribution in [0.2, 0.25) is 0 Å². The standard InChI is InChI=1S/C11H18N4OS2/c1-3-15-10(16)9(18-11(15)17)8-12-14-6-4-13(2)5-7-14/h8,16H,3-7H2,1-2H3/b12-8+. The minimum absolute atomic E-state index is 0.227. The molecule has 0 unspecified atom stereocenters. The minimum atomic E-state index is 0.227. The van der Waals surface area contributed by atoms with Gasteiger partial charge in [0.2, 0.25) is 5.88 Å². The molecule has 1 N–H and O–H groups in total. The van der Waals surface area contributed by atoms with Crippen LogP contribution in [0.5, 0.6) is 5.88 Å². The van der Waals surface area contributed by atoms with Crippen LogP contribution in [0.3, 0.4) is 0 Å². The molecule has 7 heteroatoms. The predicted molar refractivity (Wildman–Crippen MR) is 77.1 cm³/mol. The molecule has 2 heterocycles. The number of thiazole rings is 1. The molecule has 1 aromatic heterocycles. The molecule has 0 aliphatic carbocycles. The zero-order chi connectivity index (χ0) is 13.1. The number of likely N-dealkylation sites (N-methyl/N-ethyl adjacent to an activating group) is 1. The molecule has 5 nitrogen and oxygen atoms in total. The highest BCUT2D eigenvalue weighted by Crippen LogP contribution is 2.24. The smallest absolute Gasteiger partial charge is 0.212 e. The molecule has 1 aliphatic heterocycles. The topological polar surface area (TPSA) is 44.0 Å². The van der Waals surface area contributed by atoms with Crippen LogP contribution in [-0.4, -0.2) is 59.0 Å². The monoisotopic (exact) mass is 286 g/mol. The Morgan fingerprint density at radius 1 is 1.39 bits per heavy atom. The van der Waals surface area contributed by atoms with Crippen molar-refractivity contribution in [3.8, 4) is 5.88 Å². The van der Waals surface area contributed by atoms with Crippen molar-refractivity contribution >= 4 is 29.8 Å². The van der Waals surface area contributed by atoms with E-state index < -0.39 is 0 Å². The number of aromatic nitrogens is 1. The summed E-state index contributed by atoms with van der Waals surface area (Å²) in [5.74, 6) is 0.227. The lowest BCUT2D eigenvalue weighted by atomic mass is 10.4. The van der Waals surface area contributed by atoms with Gasteiger partial charge in [0.25, 0.3) is 0 Å². The van der Waals surface area contributed by atoms with E-state index in [1.807, 2.05) is 11.9 Å². The normalized spacial score (nSPS) is 17.8. The zero-order valence-electron chi connectivity index (χ0n) is 10.7. The van der Waals surface area contributed by atoms with Crippen LogP contribution in [0.25, 0.3) is 0 Å². The Kier molecular flexibility index (Phi) is 4.36. The molecule has 1 aromatic rings. The van der Waals surface area contributed by atoms with Crippen LogP contribution >= 0.6 is 23.6 Å². The second kappa shape index (κ2) is 5.81. The molecule has 0 spiro atoms. The zero-order valence-corrected chi connectivity index (χ0v) is 12.3. The molecule has 0 saturated carbocycles. The van der Waals surface area contributed by atoms with Gasteiger partial charge in [-0.05, 0) is 26.2 Å². The Hall–Kier alpha value is -0.920. The van der Waals surface area contributed by atoms with E-state index in [0.717, 1.165) is 31.1 Å². The third-order valence-corrected chi connectivity index (χ3v) is 4.40. The van der Waals surface area contributed by atoms with Crippen molar-refractivity contribution in [2.24, 2.45) is 5.10 Å². The summed E-state index contributed by atoms with van der Waals surface area (Å²) in [6, 6.07) is 0. The van der Waals surface area contributed by atoms with Gasteiger partial charge in [-0.1, -0.05) is 11.3 Å². The van der Waals surface area contributed by atoms with Gasteiger partial charge in [-0.2, -0.15) is 5.10 Å². The molecule has 0 aromatic carbocycles. The van der Waals surface area contributed by atoms with Crippen molar-refractivity contribution in [2.75, 3.05) is 33.2 Å². The van der Waals surface area contributed by atoms with Crippen molar-refractivity contribution in [3.63, 3.8) is 0 Å². The maximum absolute atomic E-state index is 9.97. The van der Waals surface area contributed by atoms with E-state index in [2.05, 4.69) is 17.0 Å². The second-order valence-electron chi connectivity index (χ2n) is 4.30. The van der Waals surface area contributed by atoms with Gasteiger partial charge in [-0.3, -0.25) is 9.58 Å². The summed E-state index contributed by atoms with van der Waals surface area (Å²) in [5.41, 5.74) is 0. The van der Waals surface area contributed by atoms with Crippen LogP contribution in [0.1, 0.15) is 11.8 Å². The van der Waals surface area contributed by atoms with Crippen molar-refractivity contribution in [1.29, 1.82) is 0 Å². The fourth-order valence-electron chi connectivity index (χ4n) is 1.82. The number of hydrogen-bond donors (Lipinski definition) is 1. The average Bonchev–Trinajstić information content (AvgIpc) is 2.63. The number of hydrazone groups is 1. The Bertz CT molecular complexity index is 486. The van der Waals surface area contributed by atoms with Crippen molar-refractivity contribution in [1.82, 2.24) is 14.5 Å². The highest BCUT2D eigenvalue weighted by atomic mass is 32.1. The van der Waals surface area contributed by atoms with Gasteiger partial charge in [0, 0.05) is 32.7 Å². The number of piperazine rings is 1. The van der Waals surface area contributed by atoms with Crippen molar-refractivity contribution in [3.05, 3.63) is 8.83 Å². The third-order valence-electron chi connectivity index (χ3n) is 3.03. The molecule has 0 radical (unpaired) electrons. The largest absolute Gasteiger partial charge is 0.493 e. The highest BCUT2D eigenvalue weighted by molar-refractivity contribution is 7.73. The molecular formula is C11H18N4OS2. The van der Waals surface area contributed by atoms with Crippen LogP contribution in [0, 0.1) is 3.95 Å². The van der Waals surface area contributed by atoms with E-state index in [0.29, 0.717) is 10.5 Å². The Morgan fingerprint density at radius 3 is 2.61 bits per heavy atom. The van der Waals surface area contributed by atoms with E-state index in [1.54, 1.807) is 10.8 Å². The Labute approximate surface area is 116 Å². The van der Waals surface area contributed by atoms with Gasteiger partial charge in [0.1, 0.15) is 4.88 Å². The summed E-state index contributed by atoms with van der Waals surface area (Å²) in [6.07, 6.45) is 1.72. The SMILES string of the molecule is CCn1c(O)c(/C=N/N2CCN(C)CC2)sc1=S. The fraction of sp³-hybridized carbons (Fsp3) is 0.636. The van der Waals surface area contributed by atoms with Crippen LogP contribution in [-0.2, 0) is 6.54 Å². The van der Waals surface area contributed by atoms with Crippen LogP contribution in [0.4, 0.5) is 0 Å². The van der Waals surface area contributed by atoms with E-state index in [9.17, 15) is 5.11 Å². The average molecular weight is 286 g/mol. The number of hydrogen-bond acceptors (Lipinski definition) is 6. The Balaban J connectivity index is 2.07. The van der Waals surface area contributed by atoms with E-state index in [-0.39, 0.29) is 5.88 Å². The summed E-state index contributed by atoms with van der Waals surface area (Å²) < 4.78 is 2.40. The van der Waals surface area contributed by atoms with Crippen molar-refractivity contribution in [2.45, 2.75) is 13.5 Å². The Morgan fingerprint density at radius 2 is 2.06 bits per heavy atom. The molecule has 1 aliphatic rings. The van der Waals surface area contributed by atoms with E-state index in [1.165, 1.54) is 11.3 Å². The molecule has 18 heavy (non-hydrogen) atoms. The molecule has 2 rings (SSSR count). The van der Waals surface area contributed by atoms with Crippen molar-refractivity contribution < 1.29 is 5.11 Å². The van der Waals surface area contributed by atoms with Gasteiger partial charge in [0.05, 0.1) is 6.21 Å². The molecular weight excluding hydrogens is 268 g/mol. The number of rotatable bonds is 3. The molecule has 0 amide bonds. The maximum Gasteiger partial charge on any atom is 0.212 e. The van der Waals surface area contributed by atoms with Crippen LogP contribution < -0.4 is 0 Å². The minimum Gasteiger partial charge on any atom is -0.493 e. The van der Waals surface area contributed by atoms with Crippen LogP contribution in [0.15, 0.2) is 5.10 Å². The summed E-state index contributed by atoms with van der Waals surface area (Å²) >= 11 is 6.58.